The molecule has 1 heteroatoms. The van der Waals surface area contributed by atoms with Gasteiger partial charge in [0.2, 0.25) is 0 Å². The molecule has 0 aromatic carbocycles. The van der Waals surface area contributed by atoms with Crippen LogP contribution in [0.1, 0.15) is 52.4 Å². The molecular formula is C11H22O. The standard InChI is InChI=1S/C11H22O/c1-3-5-9(2)8-10-6-4-7-11(10)12/h9-12H,3-8H2,1-2H3. The van der Waals surface area contributed by atoms with Gasteiger partial charge in [0.15, 0.2) is 0 Å². The maximum Gasteiger partial charge on any atom is 0.0568 e. The van der Waals surface area contributed by atoms with E-state index in [-0.39, 0.29) is 6.10 Å². The van der Waals surface area contributed by atoms with Crippen molar-refractivity contribution in [1.29, 1.82) is 0 Å². The fraction of sp³-hybridized carbons (Fsp3) is 1.00. The molecule has 0 amide bonds. The van der Waals surface area contributed by atoms with Gasteiger partial charge in [-0.15, -0.1) is 0 Å². The fourth-order valence-electron chi connectivity index (χ4n) is 2.42. The predicted molar refractivity (Wildman–Crippen MR) is 52.0 cm³/mol. The fourth-order valence-corrected chi connectivity index (χ4v) is 2.42. The lowest BCUT2D eigenvalue weighted by atomic mass is 9.90. The van der Waals surface area contributed by atoms with Crippen molar-refractivity contribution in [2.24, 2.45) is 11.8 Å². The van der Waals surface area contributed by atoms with E-state index >= 15 is 0 Å². The van der Waals surface area contributed by atoms with Gasteiger partial charge in [-0.3, -0.25) is 0 Å². The SMILES string of the molecule is CCCC(C)CC1CCCC1O. The summed E-state index contributed by atoms with van der Waals surface area (Å²) in [7, 11) is 0. The number of aliphatic hydroxyl groups is 1. The Bertz CT molecular complexity index is 122. The van der Waals surface area contributed by atoms with E-state index in [4.69, 9.17) is 0 Å². The zero-order valence-electron chi connectivity index (χ0n) is 8.42. The van der Waals surface area contributed by atoms with Crippen LogP contribution in [0.4, 0.5) is 0 Å². The van der Waals surface area contributed by atoms with E-state index in [1.165, 1.54) is 32.1 Å². The summed E-state index contributed by atoms with van der Waals surface area (Å²) in [6.07, 6.45) is 7.41. The molecule has 1 nitrogen and oxygen atoms in total. The average Bonchev–Trinajstić information content (AvgIpc) is 2.37. The molecule has 0 aromatic rings. The van der Waals surface area contributed by atoms with Gasteiger partial charge >= 0.3 is 0 Å². The van der Waals surface area contributed by atoms with Crippen molar-refractivity contribution in [3.8, 4) is 0 Å². The highest BCUT2D eigenvalue weighted by atomic mass is 16.3. The van der Waals surface area contributed by atoms with Crippen LogP contribution in [0.5, 0.6) is 0 Å². The third-order valence-corrected chi connectivity index (χ3v) is 3.11. The van der Waals surface area contributed by atoms with E-state index in [0.29, 0.717) is 5.92 Å². The molecule has 1 aliphatic carbocycles. The van der Waals surface area contributed by atoms with Crippen molar-refractivity contribution >= 4 is 0 Å². The predicted octanol–water partition coefficient (Wildman–Crippen LogP) is 2.97. The average molecular weight is 170 g/mol. The van der Waals surface area contributed by atoms with Gasteiger partial charge in [0.25, 0.3) is 0 Å². The molecule has 1 rings (SSSR count). The normalized spacial score (nSPS) is 32.2. The van der Waals surface area contributed by atoms with Gasteiger partial charge < -0.3 is 5.11 Å². The van der Waals surface area contributed by atoms with Gasteiger partial charge in [-0.1, -0.05) is 33.1 Å². The summed E-state index contributed by atoms with van der Waals surface area (Å²) < 4.78 is 0. The Morgan fingerprint density at radius 1 is 1.42 bits per heavy atom. The van der Waals surface area contributed by atoms with Crippen molar-refractivity contribution < 1.29 is 5.11 Å². The number of aliphatic hydroxyl groups excluding tert-OH is 1. The summed E-state index contributed by atoms with van der Waals surface area (Å²) >= 11 is 0. The van der Waals surface area contributed by atoms with Crippen LogP contribution in [0.2, 0.25) is 0 Å². The number of hydrogen-bond donors (Lipinski definition) is 1. The van der Waals surface area contributed by atoms with Gasteiger partial charge in [-0.05, 0) is 31.1 Å². The second kappa shape index (κ2) is 4.86. The van der Waals surface area contributed by atoms with Crippen LogP contribution in [0.3, 0.4) is 0 Å². The van der Waals surface area contributed by atoms with Gasteiger partial charge in [0.05, 0.1) is 6.10 Å². The molecule has 0 aliphatic heterocycles. The molecule has 1 fully saturated rings. The molecule has 3 atom stereocenters. The Morgan fingerprint density at radius 3 is 2.67 bits per heavy atom. The van der Waals surface area contributed by atoms with Crippen LogP contribution in [-0.4, -0.2) is 11.2 Å². The summed E-state index contributed by atoms with van der Waals surface area (Å²) in [6, 6.07) is 0. The molecule has 0 spiro atoms. The van der Waals surface area contributed by atoms with E-state index in [0.717, 1.165) is 12.3 Å². The first kappa shape index (κ1) is 10.0. The molecule has 0 aromatic heterocycles. The third kappa shape index (κ3) is 2.78. The molecule has 0 saturated heterocycles. The molecule has 1 aliphatic rings. The summed E-state index contributed by atoms with van der Waals surface area (Å²) in [5.74, 6) is 1.43. The van der Waals surface area contributed by atoms with Crippen LogP contribution in [0.15, 0.2) is 0 Å². The zero-order valence-corrected chi connectivity index (χ0v) is 8.42. The van der Waals surface area contributed by atoms with Gasteiger partial charge in [-0.2, -0.15) is 0 Å². The van der Waals surface area contributed by atoms with Crippen LogP contribution in [-0.2, 0) is 0 Å². The first-order valence-electron chi connectivity index (χ1n) is 5.42. The molecule has 0 radical (unpaired) electrons. The molecule has 0 bridgehead atoms. The Balaban J connectivity index is 2.20. The van der Waals surface area contributed by atoms with E-state index in [1.807, 2.05) is 0 Å². The van der Waals surface area contributed by atoms with E-state index < -0.39 is 0 Å². The maximum absolute atomic E-state index is 9.61. The first-order chi connectivity index (χ1) is 5.74. The summed E-state index contributed by atoms with van der Waals surface area (Å²) in [4.78, 5) is 0. The molecule has 3 unspecified atom stereocenters. The smallest absolute Gasteiger partial charge is 0.0568 e. The highest BCUT2D eigenvalue weighted by molar-refractivity contribution is 4.77. The number of rotatable bonds is 4. The Labute approximate surface area is 76.2 Å². The topological polar surface area (TPSA) is 20.2 Å². The van der Waals surface area contributed by atoms with Crippen LogP contribution in [0, 0.1) is 11.8 Å². The molecule has 12 heavy (non-hydrogen) atoms. The van der Waals surface area contributed by atoms with Crippen molar-refractivity contribution in [1.82, 2.24) is 0 Å². The lowest BCUT2D eigenvalue weighted by Crippen LogP contribution is -2.15. The van der Waals surface area contributed by atoms with Crippen LogP contribution in [0.25, 0.3) is 0 Å². The minimum absolute atomic E-state index is 0.0179. The Kier molecular flexibility index (Phi) is 4.07. The molecule has 0 heterocycles. The quantitative estimate of drug-likeness (QED) is 0.687. The van der Waals surface area contributed by atoms with E-state index in [1.54, 1.807) is 0 Å². The lowest BCUT2D eigenvalue weighted by Gasteiger charge is -2.18. The lowest BCUT2D eigenvalue weighted by molar-refractivity contribution is 0.118. The summed E-state index contributed by atoms with van der Waals surface area (Å²) in [5.41, 5.74) is 0. The highest BCUT2D eigenvalue weighted by Crippen LogP contribution is 2.31. The Hall–Kier alpha value is -0.0400. The second-order valence-corrected chi connectivity index (χ2v) is 4.39. The van der Waals surface area contributed by atoms with Gasteiger partial charge in [-0.25, -0.2) is 0 Å². The summed E-state index contributed by atoms with van der Waals surface area (Å²) in [5, 5.41) is 9.61. The van der Waals surface area contributed by atoms with Gasteiger partial charge in [0.1, 0.15) is 0 Å². The largest absolute Gasteiger partial charge is 0.393 e. The van der Waals surface area contributed by atoms with Crippen molar-refractivity contribution in [3.05, 3.63) is 0 Å². The van der Waals surface area contributed by atoms with E-state index in [9.17, 15) is 5.11 Å². The highest BCUT2D eigenvalue weighted by Gasteiger charge is 2.25. The minimum atomic E-state index is 0.0179. The molecule has 72 valence electrons. The Morgan fingerprint density at radius 2 is 2.17 bits per heavy atom. The second-order valence-electron chi connectivity index (χ2n) is 4.39. The maximum atomic E-state index is 9.61. The molecule has 1 N–H and O–H groups in total. The molecular weight excluding hydrogens is 148 g/mol. The van der Waals surface area contributed by atoms with Crippen molar-refractivity contribution in [3.63, 3.8) is 0 Å². The first-order valence-corrected chi connectivity index (χ1v) is 5.42. The minimum Gasteiger partial charge on any atom is -0.393 e. The van der Waals surface area contributed by atoms with E-state index in [2.05, 4.69) is 13.8 Å². The number of hydrogen-bond acceptors (Lipinski definition) is 1. The van der Waals surface area contributed by atoms with Crippen LogP contribution >= 0.6 is 0 Å². The monoisotopic (exact) mass is 170 g/mol. The van der Waals surface area contributed by atoms with Crippen molar-refractivity contribution in [2.45, 2.75) is 58.5 Å². The van der Waals surface area contributed by atoms with Gasteiger partial charge in [0, 0.05) is 0 Å². The molecule has 1 saturated carbocycles. The summed E-state index contributed by atoms with van der Waals surface area (Å²) in [6.45, 7) is 4.55. The zero-order chi connectivity index (χ0) is 8.97. The van der Waals surface area contributed by atoms with Crippen LogP contribution < -0.4 is 0 Å². The third-order valence-electron chi connectivity index (χ3n) is 3.11. The van der Waals surface area contributed by atoms with Crippen molar-refractivity contribution in [2.75, 3.05) is 0 Å².